The number of hydrogen-bond acceptors (Lipinski definition) is 4. The van der Waals surface area contributed by atoms with Crippen molar-refractivity contribution in [2.75, 3.05) is 11.5 Å². The third kappa shape index (κ3) is 4.13. The standard InChI is InChI=1S/C24H22N2S2/c25-23-19-12-14-22(28-16-18-9-5-2-6-10-18)24(26)20(19)11-13-21(23)27-15-17-7-3-1-4-8-17/h1-14H,15-16,25-26H2. The van der Waals surface area contributed by atoms with E-state index in [1.165, 1.54) is 11.1 Å². The maximum Gasteiger partial charge on any atom is 0.0532 e. The van der Waals surface area contributed by atoms with Crippen LogP contribution in [0.1, 0.15) is 11.1 Å². The van der Waals surface area contributed by atoms with Gasteiger partial charge in [0, 0.05) is 32.1 Å². The number of hydrogen-bond donors (Lipinski definition) is 2. The summed E-state index contributed by atoms with van der Waals surface area (Å²) in [6, 6.07) is 29.3. The van der Waals surface area contributed by atoms with E-state index in [0.29, 0.717) is 0 Å². The highest BCUT2D eigenvalue weighted by molar-refractivity contribution is 7.99. The molecule has 0 aliphatic rings. The normalized spacial score (nSPS) is 11.0. The molecule has 0 amide bonds. The van der Waals surface area contributed by atoms with Crippen molar-refractivity contribution in [3.8, 4) is 0 Å². The highest BCUT2D eigenvalue weighted by Gasteiger charge is 2.11. The van der Waals surface area contributed by atoms with Crippen LogP contribution in [0.2, 0.25) is 0 Å². The van der Waals surface area contributed by atoms with E-state index in [4.69, 9.17) is 11.5 Å². The van der Waals surface area contributed by atoms with E-state index in [0.717, 1.165) is 43.4 Å². The van der Waals surface area contributed by atoms with Crippen LogP contribution in [0.15, 0.2) is 94.7 Å². The zero-order valence-electron chi connectivity index (χ0n) is 15.5. The monoisotopic (exact) mass is 402 g/mol. The molecule has 4 N–H and O–H groups in total. The number of fused-ring (bicyclic) bond motifs is 1. The molecular formula is C24H22N2S2. The molecule has 4 aromatic rings. The first-order chi connectivity index (χ1) is 13.7. The first-order valence-electron chi connectivity index (χ1n) is 9.16. The minimum atomic E-state index is 0.810. The number of rotatable bonds is 6. The van der Waals surface area contributed by atoms with E-state index in [-0.39, 0.29) is 0 Å². The molecule has 0 bridgehead atoms. The smallest absolute Gasteiger partial charge is 0.0532 e. The van der Waals surface area contributed by atoms with E-state index in [2.05, 4.69) is 72.8 Å². The molecule has 0 aliphatic carbocycles. The van der Waals surface area contributed by atoms with E-state index >= 15 is 0 Å². The number of thioether (sulfide) groups is 2. The van der Waals surface area contributed by atoms with Crippen LogP contribution in [0.25, 0.3) is 10.8 Å². The van der Waals surface area contributed by atoms with Gasteiger partial charge in [-0.05, 0) is 23.3 Å². The Kier molecular flexibility index (Phi) is 5.79. The summed E-state index contributed by atoms with van der Waals surface area (Å²) in [5.41, 5.74) is 17.2. The Bertz CT molecular complexity index is 991. The van der Waals surface area contributed by atoms with Gasteiger partial charge in [-0.25, -0.2) is 0 Å². The zero-order valence-corrected chi connectivity index (χ0v) is 17.1. The second kappa shape index (κ2) is 8.63. The molecule has 140 valence electrons. The Morgan fingerprint density at radius 2 is 0.893 bits per heavy atom. The van der Waals surface area contributed by atoms with Gasteiger partial charge < -0.3 is 11.5 Å². The molecule has 4 heteroatoms. The van der Waals surface area contributed by atoms with E-state index in [9.17, 15) is 0 Å². The summed E-state index contributed by atoms with van der Waals surface area (Å²) in [7, 11) is 0. The summed E-state index contributed by atoms with van der Waals surface area (Å²) in [6.45, 7) is 0. The second-order valence-electron chi connectivity index (χ2n) is 6.60. The molecule has 4 rings (SSSR count). The number of nitrogen functional groups attached to an aromatic ring is 2. The zero-order chi connectivity index (χ0) is 19.3. The lowest BCUT2D eigenvalue weighted by molar-refractivity contribution is 1.38. The Hall–Kier alpha value is -2.56. The maximum atomic E-state index is 6.48. The van der Waals surface area contributed by atoms with Crippen molar-refractivity contribution in [1.82, 2.24) is 0 Å². The van der Waals surface area contributed by atoms with E-state index < -0.39 is 0 Å². The summed E-state index contributed by atoms with van der Waals surface area (Å²) < 4.78 is 0. The van der Waals surface area contributed by atoms with Crippen LogP contribution >= 0.6 is 23.5 Å². The van der Waals surface area contributed by atoms with Gasteiger partial charge in [0.05, 0.1) is 11.4 Å². The molecule has 0 unspecified atom stereocenters. The summed E-state index contributed by atoms with van der Waals surface area (Å²) in [5, 5.41) is 2.05. The minimum Gasteiger partial charge on any atom is -0.397 e. The first kappa shape index (κ1) is 18.8. The largest absolute Gasteiger partial charge is 0.397 e. The van der Waals surface area contributed by atoms with Crippen LogP contribution in [0.3, 0.4) is 0 Å². The predicted molar refractivity (Wildman–Crippen MR) is 125 cm³/mol. The van der Waals surface area contributed by atoms with Gasteiger partial charge in [0.1, 0.15) is 0 Å². The first-order valence-corrected chi connectivity index (χ1v) is 11.1. The molecule has 0 radical (unpaired) electrons. The fourth-order valence-electron chi connectivity index (χ4n) is 3.13. The topological polar surface area (TPSA) is 52.0 Å². The van der Waals surface area contributed by atoms with Crippen LogP contribution in [0.4, 0.5) is 11.4 Å². The Morgan fingerprint density at radius 1 is 0.500 bits per heavy atom. The van der Waals surface area contributed by atoms with Crippen LogP contribution in [-0.4, -0.2) is 0 Å². The molecule has 0 saturated heterocycles. The molecule has 0 saturated carbocycles. The lowest BCUT2D eigenvalue weighted by atomic mass is 10.1. The Morgan fingerprint density at radius 3 is 1.29 bits per heavy atom. The highest BCUT2D eigenvalue weighted by Crippen LogP contribution is 2.39. The third-order valence-corrected chi connectivity index (χ3v) is 6.97. The van der Waals surface area contributed by atoms with Crippen molar-refractivity contribution in [1.29, 1.82) is 0 Å². The van der Waals surface area contributed by atoms with Crippen molar-refractivity contribution < 1.29 is 0 Å². The van der Waals surface area contributed by atoms with Crippen LogP contribution in [0, 0.1) is 0 Å². The summed E-state index contributed by atoms with van der Waals surface area (Å²) >= 11 is 3.52. The van der Waals surface area contributed by atoms with Crippen molar-refractivity contribution >= 4 is 45.7 Å². The second-order valence-corrected chi connectivity index (χ2v) is 8.63. The molecule has 0 fully saturated rings. The molecule has 2 nitrogen and oxygen atoms in total. The maximum absolute atomic E-state index is 6.48. The molecule has 0 atom stereocenters. The van der Waals surface area contributed by atoms with Crippen molar-refractivity contribution in [3.05, 3.63) is 96.1 Å². The average molecular weight is 403 g/mol. The molecule has 0 aromatic heterocycles. The predicted octanol–water partition coefficient (Wildman–Crippen LogP) is 6.59. The van der Waals surface area contributed by atoms with Gasteiger partial charge in [-0.15, -0.1) is 23.5 Å². The minimum absolute atomic E-state index is 0.810. The van der Waals surface area contributed by atoms with Crippen molar-refractivity contribution in [2.45, 2.75) is 21.3 Å². The van der Waals surface area contributed by atoms with Crippen molar-refractivity contribution in [3.63, 3.8) is 0 Å². The molecular weight excluding hydrogens is 380 g/mol. The molecule has 4 aromatic carbocycles. The Labute approximate surface area is 174 Å². The van der Waals surface area contributed by atoms with Crippen LogP contribution < -0.4 is 11.5 Å². The summed E-state index contributed by atoms with van der Waals surface area (Å²) in [4.78, 5) is 2.20. The van der Waals surface area contributed by atoms with Crippen LogP contribution in [-0.2, 0) is 11.5 Å². The molecule has 0 aliphatic heterocycles. The van der Waals surface area contributed by atoms with Crippen molar-refractivity contribution in [2.24, 2.45) is 0 Å². The van der Waals surface area contributed by atoms with Gasteiger partial charge >= 0.3 is 0 Å². The Balaban J connectivity index is 1.55. The number of nitrogens with two attached hydrogens (primary N) is 2. The number of benzene rings is 4. The van der Waals surface area contributed by atoms with Gasteiger partial charge in [0.25, 0.3) is 0 Å². The molecule has 0 heterocycles. The fraction of sp³-hybridized carbons (Fsp3) is 0.0833. The van der Waals surface area contributed by atoms with Gasteiger partial charge in [-0.1, -0.05) is 72.8 Å². The fourth-order valence-corrected chi connectivity index (χ4v) is 5.02. The lowest BCUT2D eigenvalue weighted by Crippen LogP contribution is -1.96. The SMILES string of the molecule is Nc1c(SCc2ccccc2)ccc2c(N)c(SCc3ccccc3)ccc12. The lowest BCUT2D eigenvalue weighted by Gasteiger charge is -2.13. The van der Waals surface area contributed by atoms with E-state index in [1.54, 1.807) is 23.5 Å². The van der Waals surface area contributed by atoms with Gasteiger partial charge in [0.2, 0.25) is 0 Å². The molecule has 0 spiro atoms. The third-order valence-electron chi connectivity index (χ3n) is 4.68. The van der Waals surface area contributed by atoms with Gasteiger partial charge in [-0.3, -0.25) is 0 Å². The average Bonchev–Trinajstić information content (AvgIpc) is 2.74. The summed E-state index contributed by atoms with van der Waals surface area (Å²) in [5.74, 6) is 1.80. The summed E-state index contributed by atoms with van der Waals surface area (Å²) in [6.07, 6.45) is 0. The molecule has 28 heavy (non-hydrogen) atoms. The van der Waals surface area contributed by atoms with E-state index in [1.807, 2.05) is 12.1 Å². The van der Waals surface area contributed by atoms with Gasteiger partial charge in [-0.2, -0.15) is 0 Å². The van der Waals surface area contributed by atoms with Crippen LogP contribution in [0.5, 0.6) is 0 Å². The van der Waals surface area contributed by atoms with Gasteiger partial charge in [0.15, 0.2) is 0 Å². The number of anilines is 2. The quantitative estimate of drug-likeness (QED) is 0.282. The highest BCUT2D eigenvalue weighted by atomic mass is 32.2.